The van der Waals surface area contributed by atoms with Crippen LogP contribution in [-0.2, 0) is 15.8 Å². The summed E-state index contributed by atoms with van der Waals surface area (Å²) in [5.74, 6) is -1.98. The molecule has 1 unspecified atom stereocenters. The largest absolute Gasteiger partial charge is 0.418 e. The van der Waals surface area contributed by atoms with Gasteiger partial charge in [-0.1, -0.05) is 13.8 Å². The van der Waals surface area contributed by atoms with Crippen molar-refractivity contribution in [3.05, 3.63) is 23.8 Å². The van der Waals surface area contributed by atoms with E-state index in [1.165, 1.54) is 17.0 Å². The first-order valence-corrected chi connectivity index (χ1v) is 8.43. The second kappa shape index (κ2) is 7.85. The number of amides is 2. The van der Waals surface area contributed by atoms with Gasteiger partial charge in [-0.25, -0.2) is 0 Å². The highest BCUT2D eigenvalue weighted by molar-refractivity contribution is 5.96. The molecule has 1 saturated heterocycles. The van der Waals surface area contributed by atoms with Gasteiger partial charge in [-0.3, -0.25) is 9.59 Å². The summed E-state index contributed by atoms with van der Waals surface area (Å²) in [7, 11) is 0. The van der Waals surface area contributed by atoms with Gasteiger partial charge in [0.25, 0.3) is 5.91 Å². The Kier molecular flexibility index (Phi) is 5.97. The summed E-state index contributed by atoms with van der Waals surface area (Å²) < 4.78 is 40.5. The molecule has 1 aromatic rings. The lowest BCUT2D eigenvalue weighted by atomic mass is 10.1. The van der Waals surface area contributed by atoms with Crippen LogP contribution in [0.2, 0.25) is 0 Å². The quantitative estimate of drug-likeness (QED) is 0.542. The number of nitrogens with zero attached hydrogens (tertiary/aromatic N) is 2. The van der Waals surface area contributed by atoms with Crippen LogP contribution in [0.1, 0.15) is 32.3 Å². The van der Waals surface area contributed by atoms with Gasteiger partial charge >= 0.3 is 6.18 Å². The van der Waals surface area contributed by atoms with E-state index < -0.39 is 41.5 Å². The van der Waals surface area contributed by atoms with Gasteiger partial charge in [0.2, 0.25) is 5.91 Å². The van der Waals surface area contributed by atoms with Crippen molar-refractivity contribution < 1.29 is 22.8 Å². The van der Waals surface area contributed by atoms with E-state index in [1.807, 2.05) is 0 Å². The Labute approximate surface area is 154 Å². The minimum absolute atomic E-state index is 0.214. The Morgan fingerprint density at radius 1 is 1.30 bits per heavy atom. The average Bonchev–Trinajstić information content (AvgIpc) is 3.03. The molecule has 5 N–H and O–H groups in total. The number of anilines is 2. The smallest absolute Gasteiger partial charge is 0.370 e. The number of nitrogens with one attached hydrogen (secondary N) is 1. The zero-order chi connectivity index (χ0) is 20.4. The highest BCUT2D eigenvalue weighted by atomic mass is 19.4. The molecule has 0 spiro atoms. The first-order valence-electron chi connectivity index (χ1n) is 8.43. The second-order valence-corrected chi connectivity index (χ2v) is 6.60. The van der Waals surface area contributed by atoms with Crippen molar-refractivity contribution in [3.8, 4) is 0 Å². The molecule has 0 saturated carbocycles. The van der Waals surface area contributed by atoms with Crippen LogP contribution < -0.4 is 21.7 Å². The number of hydrogen-bond acceptors (Lipinski definition) is 3. The highest BCUT2D eigenvalue weighted by Gasteiger charge is 2.37. The van der Waals surface area contributed by atoms with Crippen LogP contribution in [0.3, 0.4) is 0 Å². The Hall–Kier alpha value is -2.78. The molecule has 1 atom stereocenters. The normalized spacial score (nSPS) is 17.1. The van der Waals surface area contributed by atoms with Crippen molar-refractivity contribution in [2.45, 2.75) is 38.9 Å². The van der Waals surface area contributed by atoms with Gasteiger partial charge in [-0.2, -0.15) is 18.2 Å². The maximum absolute atomic E-state index is 13.5. The van der Waals surface area contributed by atoms with Gasteiger partial charge in [-0.05, 0) is 31.0 Å². The molecule has 7 nitrogen and oxygen atoms in total. The fraction of sp³-hybridized carbons (Fsp3) is 0.471. The molecule has 1 aromatic carbocycles. The molecule has 1 fully saturated rings. The van der Waals surface area contributed by atoms with E-state index in [0.29, 0.717) is 19.4 Å². The minimum Gasteiger partial charge on any atom is -0.370 e. The molecule has 148 valence electrons. The van der Waals surface area contributed by atoms with E-state index >= 15 is 0 Å². The summed E-state index contributed by atoms with van der Waals surface area (Å²) in [5, 5.41) is 2.30. The molecule has 27 heavy (non-hydrogen) atoms. The summed E-state index contributed by atoms with van der Waals surface area (Å²) in [6, 6.07) is 2.83. The number of nitrogens with two attached hydrogens (primary N) is 2. The van der Waals surface area contributed by atoms with Crippen LogP contribution in [0.5, 0.6) is 0 Å². The van der Waals surface area contributed by atoms with Gasteiger partial charge in [0.15, 0.2) is 5.96 Å². The van der Waals surface area contributed by atoms with Crippen LogP contribution in [-0.4, -0.2) is 30.4 Å². The minimum atomic E-state index is -4.67. The molecular weight excluding hydrogens is 363 g/mol. The van der Waals surface area contributed by atoms with Crippen LogP contribution >= 0.6 is 0 Å². The number of benzene rings is 1. The van der Waals surface area contributed by atoms with E-state index in [4.69, 9.17) is 11.5 Å². The molecular formula is C17H22F3N5O2. The number of hydrogen-bond donors (Lipinski definition) is 3. The van der Waals surface area contributed by atoms with Crippen molar-refractivity contribution in [2.24, 2.45) is 22.4 Å². The van der Waals surface area contributed by atoms with Gasteiger partial charge in [0.1, 0.15) is 6.04 Å². The van der Waals surface area contributed by atoms with Crippen LogP contribution in [0, 0.1) is 5.92 Å². The Morgan fingerprint density at radius 3 is 2.52 bits per heavy atom. The predicted octanol–water partition coefficient (Wildman–Crippen LogP) is 2.07. The maximum atomic E-state index is 13.5. The van der Waals surface area contributed by atoms with Crippen LogP contribution in [0.15, 0.2) is 23.2 Å². The standard InChI is InChI=1S/C17H22F3N5O2/c1-9(2)14(26)23-12-6-5-10(8-11(12)17(18,19)20)25-7-3-4-13(25)15(27)24-16(21)22/h5-6,8-9,13H,3-4,7H2,1-2H3,(H,23,26)(H4,21,22,24,27). The lowest BCUT2D eigenvalue weighted by Gasteiger charge is -2.26. The SMILES string of the molecule is CC(C)C(=O)Nc1ccc(N2CCCC2C(=O)N=C(N)N)cc1C(F)(F)F. The fourth-order valence-electron chi connectivity index (χ4n) is 2.87. The lowest BCUT2D eigenvalue weighted by molar-refractivity contribution is -0.137. The number of carbonyl (C=O) groups is 2. The predicted molar refractivity (Wildman–Crippen MR) is 96.1 cm³/mol. The zero-order valence-corrected chi connectivity index (χ0v) is 15.0. The van der Waals surface area contributed by atoms with E-state index in [-0.39, 0.29) is 11.4 Å². The van der Waals surface area contributed by atoms with Crippen LogP contribution in [0.25, 0.3) is 0 Å². The van der Waals surface area contributed by atoms with E-state index in [2.05, 4.69) is 10.3 Å². The highest BCUT2D eigenvalue weighted by Crippen LogP contribution is 2.39. The molecule has 1 aliphatic heterocycles. The number of guanidine groups is 1. The third kappa shape index (κ3) is 4.89. The second-order valence-electron chi connectivity index (χ2n) is 6.60. The van der Waals surface area contributed by atoms with Crippen molar-refractivity contribution in [2.75, 3.05) is 16.8 Å². The summed E-state index contributed by atoms with van der Waals surface area (Å²) in [6.45, 7) is 3.56. The summed E-state index contributed by atoms with van der Waals surface area (Å²) in [6.07, 6.45) is -3.62. The molecule has 1 aliphatic rings. The topological polar surface area (TPSA) is 114 Å². The van der Waals surface area contributed by atoms with Crippen molar-refractivity contribution in [1.82, 2.24) is 0 Å². The Bertz CT molecular complexity index is 757. The number of aliphatic imine (C=N–C) groups is 1. The summed E-state index contributed by atoms with van der Waals surface area (Å²) in [5.41, 5.74) is 9.35. The third-order valence-corrected chi connectivity index (χ3v) is 4.20. The summed E-state index contributed by atoms with van der Waals surface area (Å²) >= 11 is 0. The Balaban J connectivity index is 2.39. The monoisotopic (exact) mass is 385 g/mol. The third-order valence-electron chi connectivity index (χ3n) is 4.20. The van der Waals surface area contributed by atoms with Crippen molar-refractivity contribution in [3.63, 3.8) is 0 Å². The molecule has 2 amide bonds. The van der Waals surface area contributed by atoms with Gasteiger partial charge in [-0.15, -0.1) is 0 Å². The van der Waals surface area contributed by atoms with Gasteiger partial charge < -0.3 is 21.7 Å². The molecule has 1 heterocycles. The molecule has 0 radical (unpaired) electrons. The number of carbonyl (C=O) groups excluding carboxylic acids is 2. The molecule has 0 aliphatic carbocycles. The average molecular weight is 385 g/mol. The molecule has 0 bridgehead atoms. The number of rotatable bonds is 4. The van der Waals surface area contributed by atoms with E-state index in [0.717, 1.165) is 6.07 Å². The van der Waals surface area contributed by atoms with Crippen LogP contribution in [0.4, 0.5) is 24.5 Å². The lowest BCUT2D eigenvalue weighted by Crippen LogP contribution is -2.37. The number of halogens is 3. The zero-order valence-electron chi connectivity index (χ0n) is 15.0. The Morgan fingerprint density at radius 2 is 1.96 bits per heavy atom. The van der Waals surface area contributed by atoms with Crippen molar-refractivity contribution in [1.29, 1.82) is 0 Å². The van der Waals surface area contributed by atoms with E-state index in [9.17, 15) is 22.8 Å². The van der Waals surface area contributed by atoms with Crippen molar-refractivity contribution >= 4 is 29.1 Å². The first-order chi connectivity index (χ1) is 12.5. The molecule has 0 aromatic heterocycles. The molecule has 2 rings (SSSR count). The first kappa shape index (κ1) is 20.5. The van der Waals surface area contributed by atoms with Gasteiger partial charge in [0.05, 0.1) is 11.3 Å². The van der Waals surface area contributed by atoms with E-state index in [1.54, 1.807) is 13.8 Å². The fourth-order valence-corrected chi connectivity index (χ4v) is 2.87. The number of alkyl halides is 3. The van der Waals surface area contributed by atoms with Gasteiger partial charge in [0, 0.05) is 18.2 Å². The summed E-state index contributed by atoms with van der Waals surface area (Å²) in [4.78, 5) is 29.0. The molecule has 10 heteroatoms. The maximum Gasteiger partial charge on any atom is 0.418 e.